The summed E-state index contributed by atoms with van der Waals surface area (Å²) in [5, 5.41) is 21.0. The molecule has 0 saturated carbocycles. The van der Waals surface area contributed by atoms with E-state index in [0.29, 0.717) is 0 Å². The molecule has 0 aliphatic heterocycles. The predicted molar refractivity (Wildman–Crippen MR) is 124 cm³/mol. The van der Waals surface area contributed by atoms with Crippen molar-refractivity contribution in [1.29, 1.82) is 0 Å². The van der Waals surface area contributed by atoms with Gasteiger partial charge in [0.25, 0.3) is 5.69 Å². The first-order valence-corrected chi connectivity index (χ1v) is 9.70. The van der Waals surface area contributed by atoms with Crippen LogP contribution in [-0.2, 0) is 0 Å². The molecule has 4 rings (SSSR count). The van der Waals surface area contributed by atoms with E-state index in [2.05, 4.69) is 36.1 Å². The van der Waals surface area contributed by atoms with Crippen LogP contribution in [0.2, 0.25) is 0 Å². The predicted octanol–water partition coefficient (Wildman–Crippen LogP) is 4.85. The van der Waals surface area contributed by atoms with Crippen LogP contribution in [0.1, 0.15) is 5.56 Å². The summed E-state index contributed by atoms with van der Waals surface area (Å²) < 4.78 is 14.0. The van der Waals surface area contributed by atoms with Gasteiger partial charge in [-0.3, -0.25) is 10.1 Å². The number of hydrazone groups is 1. The minimum absolute atomic E-state index is 0.0592. The molecular weight excluding hydrogens is 427 g/mol. The first-order valence-electron chi connectivity index (χ1n) is 9.70. The number of rotatable bonds is 8. The second kappa shape index (κ2) is 9.92. The Morgan fingerprint density at radius 2 is 1.36 bits per heavy atom. The number of aromatic nitrogens is 3. The number of halogens is 1. The number of para-hydroxylation sites is 2. The number of non-ortho nitro benzene ring substituents is 1. The van der Waals surface area contributed by atoms with Gasteiger partial charge in [0.15, 0.2) is 0 Å². The van der Waals surface area contributed by atoms with Gasteiger partial charge in [-0.25, -0.2) is 9.82 Å². The molecule has 10 nitrogen and oxygen atoms in total. The van der Waals surface area contributed by atoms with Crippen LogP contribution in [-0.4, -0.2) is 26.1 Å². The third-order valence-electron chi connectivity index (χ3n) is 4.25. The van der Waals surface area contributed by atoms with E-state index in [1.165, 1.54) is 0 Å². The Kier molecular flexibility index (Phi) is 6.40. The maximum absolute atomic E-state index is 14.0. The Morgan fingerprint density at radius 3 is 1.91 bits per heavy atom. The molecule has 0 radical (unpaired) electrons. The average molecular weight is 444 g/mol. The van der Waals surface area contributed by atoms with Gasteiger partial charge < -0.3 is 10.6 Å². The van der Waals surface area contributed by atoms with Gasteiger partial charge in [-0.15, -0.1) is 0 Å². The summed E-state index contributed by atoms with van der Waals surface area (Å²) in [5.41, 5.74) is 3.84. The zero-order valence-corrected chi connectivity index (χ0v) is 17.0. The van der Waals surface area contributed by atoms with Gasteiger partial charge in [0.1, 0.15) is 5.82 Å². The molecule has 0 fully saturated rings. The van der Waals surface area contributed by atoms with Crippen LogP contribution in [0, 0.1) is 15.9 Å². The van der Waals surface area contributed by atoms with Crippen LogP contribution in [0.25, 0.3) is 0 Å². The fraction of sp³-hybridized carbons (Fsp3) is 0. The molecule has 0 spiro atoms. The van der Waals surface area contributed by atoms with Gasteiger partial charge >= 0.3 is 0 Å². The zero-order valence-electron chi connectivity index (χ0n) is 17.0. The van der Waals surface area contributed by atoms with Crippen molar-refractivity contribution in [2.45, 2.75) is 0 Å². The molecular formula is C22H17FN8O2. The lowest BCUT2D eigenvalue weighted by atomic mass is 10.2. The molecule has 3 aromatic carbocycles. The van der Waals surface area contributed by atoms with E-state index in [-0.39, 0.29) is 29.1 Å². The molecule has 4 aromatic rings. The third kappa shape index (κ3) is 5.82. The van der Waals surface area contributed by atoms with Gasteiger partial charge in [-0.05, 0) is 30.3 Å². The standard InChI is InChI=1S/C22H17FN8O2/c23-19-12-11-18(31(32)33)13-15(19)14-24-30-22-28-20(25-16-7-3-1-4-8-16)27-21(29-22)26-17-9-5-2-6-10-17/h1-14H,(H3,25,26,27,28,29,30). The summed E-state index contributed by atoms with van der Waals surface area (Å²) in [6, 6.07) is 21.8. The molecule has 0 aliphatic rings. The largest absolute Gasteiger partial charge is 0.324 e. The van der Waals surface area contributed by atoms with Crippen molar-refractivity contribution in [1.82, 2.24) is 15.0 Å². The topological polar surface area (TPSA) is 130 Å². The lowest BCUT2D eigenvalue weighted by Gasteiger charge is -2.10. The van der Waals surface area contributed by atoms with Crippen molar-refractivity contribution in [2.75, 3.05) is 16.1 Å². The normalized spacial score (nSPS) is 10.7. The molecule has 0 amide bonds. The molecule has 0 unspecified atom stereocenters. The molecule has 3 N–H and O–H groups in total. The Hall–Kier alpha value is -4.93. The van der Waals surface area contributed by atoms with E-state index in [0.717, 1.165) is 35.8 Å². The Bertz CT molecular complexity index is 1230. The van der Waals surface area contributed by atoms with Crippen molar-refractivity contribution in [2.24, 2.45) is 5.10 Å². The van der Waals surface area contributed by atoms with Crippen LogP contribution in [0.4, 0.5) is 39.3 Å². The van der Waals surface area contributed by atoms with Gasteiger partial charge in [-0.2, -0.15) is 20.1 Å². The monoisotopic (exact) mass is 444 g/mol. The number of hydrogen-bond acceptors (Lipinski definition) is 9. The highest BCUT2D eigenvalue weighted by atomic mass is 19.1. The van der Waals surface area contributed by atoms with E-state index in [9.17, 15) is 14.5 Å². The number of benzene rings is 3. The van der Waals surface area contributed by atoms with Crippen LogP contribution in [0.5, 0.6) is 0 Å². The fourth-order valence-electron chi connectivity index (χ4n) is 2.74. The average Bonchev–Trinajstić information content (AvgIpc) is 2.81. The number of nitrogens with one attached hydrogen (secondary N) is 3. The molecule has 1 heterocycles. The van der Waals surface area contributed by atoms with E-state index in [1.54, 1.807) is 0 Å². The van der Waals surface area contributed by atoms with Crippen molar-refractivity contribution in [3.8, 4) is 0 Å². The van der Waals surface area contributed by atoms with Crippen molar-refractivity contribution in [3.05, 3.63) is 100 Å². The van der Waals surface area contributed by atoms with Crippen molar-refractivity contribution in [3.63, 3.8) is 0 Å². The van der Waals surface area contributed by atoms with Gasteiger partial charge in [-0.1, -0.05) is 36.4 Å². The Labute approximate surface area is 187 Å². The summed E-state index contributed by atoms with van der Waals surface area (Å²) >= 11 is 0. The zero-order chi connectivity index (χ0) is 23.0. The van der Waals surface area contributed by atoms with Crippen LogP contribution in [0.3, 0.4) is 0 Å². The maximum Gasteiger partial charge on any atom is 0.270 e. The van der Waals surface area contributed by atoms with E-state index >= 15 is 0 Å². The van der Waals surface area contributed by atoms with Crippen LogP contribution in [0.15, 0.2) is 84.0 Å². The molecule has 164 valence electrons. The third-order valence-corrected chi connectivity index (χ3v) is 4.25. The van der Waals surface area contributed by atoms with Crippen molar-refractivity contribution < 1.29 is 9.31 Å². The Balaban J connectivity index is 1.59. The first-order chi connectivity index (χ1) is 16.1. The van der Waals surface area contributed by atoms with E-state index in [1.807, 2.05) is 60.7 Å². The van der Waals surface area contributed by atoms with Gasteiger partial charge in [0, 0.05) is 29.1 Å². The highest BCUT2D eigenvalue weighted by Crippen LogP contribution is 2.19. The molecule has 0 bridgehead atoms. The molecule has 1 aromatic heterocycles. The SMILES string of the molecule is O=[N+]([O-])c1ccc(F)c(C=NNc2nc(Nc3ccccc3)nc(Nc3ccccc3)n2)c1. The summed E-state index contributed by atoms with van der Waals surface area (Å²) in [6.45, 7) is 0. The smallest absolute Gasteiger partial charge is 0.270 e. The summed E-state index contributed by atoms with van der Waals surface area (Å²) in [4.78, 5) is 23.2. The van der Waals surface area contributed by atoms with Crippen LogP contribution < -0.4 is 16.1 Å². The van der Waals surface area contributed by atoms with Gasteiger partial charge in [0.2, 0.25) is 17.8 Å². The van der Waals surface area contributed by atoms with Gasteiger partial charge in [0.05, 0.1) is 11.1 Å². The summed E-state index contributed by atoms with van der Waals surface area (Å²) in [6.07, 6.45) is 1.11. The minimum atomic E-state index is -0.653. The number of nitro benzene ring substituents is 1. The lowest BCUT2D eigenvalue weighted by Crippen LogP contribution is -2.07. The summed E-state index contributed by atoms with van der Waals surface area (Å²) in [5.74, 6) is -0.0914. The number of nitrogens with zero attached hydrogens (tertiary/aromatic N) is 5. The molecule has 0 atom stereocenters. The second-order valence-corrected chi connectivity index (χ2v) is 6.62. The first kappa shape index (κ1) is 21.3. The minimum Gasteiger partial charge on any atom is -0.324 e. The van der Waals surface area contributed by atoms with E-state index in [4.69, 9.17) is 0 Å². The second-order valence-electron chi connectivity index (χ2n) is 6.62. The fourth-order valence-corrected chi connectivity index (χ4v) is 2.74. The Morgan fingerprint density at radius 1 is 0.818 bits per heavy atom. The molecule has 11 heteroatoms. The highest BCUT2D eigenvalue weighted by molar-refractivity contribution is 5.81. The molecule has 33 heavy (non-hydrogen) atoms. The maximum atomic E-state index is 14.0. The van der Waals surface area contributed by atoms with E-state index < -0.39 is 10.7 Å². The molecule has 0 saturated heterocycles. The number of nitro groups is 1. The highest BCUT2D eigenvalue weighted by Gasteiger charge is 2.10. The summed E-state index contributed by atoms with van der Waals surface area (Å²) in [7, 11) is 0. The lowest BCUT2D eigenvalue weighted by molar-refractivity contribution is -0.384. The quantitative estimate of drug-likeness (QED) is 0.200. The van der Waals surface area contributed by atoms with Crippen LogP contribution >= 0.6 is 0 Å². The number of hydrogen-bond donors (Lipinski definition) is 3. The number of anilines is 5. The molecule has 0 aliphatic carbocycles. The van der Waals surface area contributed by atoms with Crippen molar-refractivity contribution >= 4 is 41.1 Å².